The van der Waals surface area contributed by atoms with Crippen LogP contribution in [-0.4, -0.2) is 26.6 Å². The largest absolute Gasteiger partial charge is 0.325 e. The highest BCUT2D eigenvalue weighted by atomic mass is 32.2. The van der Waals surface area contributed by atoms with Gasteiger partial charge in [0.1, 0.15) is 0 Å². The summed E-state index contributed by atoms with van der Waals surface area (Å²) in [6.45, 7) is 0. The van der Waals surface area contributed by atoms with Gasteiger partial charge in [0, 0.05) is 24.0 Å². The van der Waals surface area contributed by atoms with Crippen LogP contribution in [0.5, 0.6) is 0 Å². The average molecular weight is 372 g/mol. The number of carbonyl (C=O) groups is 1. The summed E-state index contributed by atoms with van der Waals surface area (Å²) in [6.07, 6.45) is 1.66. The van der Waals surface area contributed by atoms with Crippen molar-refractivity contribution < 1.29 is 9.72 Å². The number of anilines is 1. The van der Waals surface area contributed by atoms with Gasteiger partial charge in [0.2, 0.25) is 5.91 Å². The fraction of sp³-hybridized carbons (Fsp3) is 0.0625. The Morgan fingerprint density at radius 3 is 2.92 bits per heavy atom. The minimum Gasteiger partial charge on any atom is -0.325 e. The van der Waals surface area contributed by atoms with E-state index in [9.17, 15) is 14.9 Å². The molecular weight excluding hydrogens is 360 g/mol. The Labute approximate surface area is 151 Å². The maximum absolute atomic E-state index is 12.0. The third-order valence-electron chi connectivity index (χ3n) is 3.08. The van der Waals surface area contributed by atoms with Gasteiger partial charge in [0.15, 0.2) is 5.16 Å². The minimum atomic E-state index is -0.506. The molecule has 0 saturated carbocycles. The highest BCUT2D eigenvalue weighted by Gasteiger charge is 2.10. The summed E-state index contributed by atoms with van der Waals surface area (Å²) in [4.78, 5) is 31.9. The van der Waals surface area contributed by atoms with Gasteiger partial charge < -0.3 is 5.32 Å². The molecule has 2 heterocycles. The molecule has 1 amide bonds. The number of hydrogen-bond donors (Lipinski definition) is 1. The molecule has 0 aliphatic rings. The topological polar surface area (TPSA) is 98.0 Å². The monoisotopic (exact) mass is 372 g/mol. The minimum absolute atomic E-state index is 0.0718. The second-order valence-electron chi connectivity index (χ2n) is 4.85. The van der Waals surface area contributed by atoms with Gasteiger partial charge >= 0.3 is 0 Å². The molecule has 3 rings (SSSR count). The van der Waals surface area contributed by atoms with Crippen LogP contribution in [0, 0.1) is 10.1 Å². The van der Waals surface area contributed by atoms with Crippen molar-refractivity contribution in [3.05, 3.63) is 64.2 Å². The van der Waals surface area contributed by atoms with Crippen LogP contribution in [0.25, 0.3) is 10.6 Å². The number of nitro benzene ring substituents is 1. The molecular formula is C16H12N4O3S2. The van der Waals surface area contributed by atoms with Gasteiger partial charge in [-0.2, -0.15) is 0 Å². The lowest BCUT2D eigenvalue weighted by atomic mass is 10.3. The first-order valence-corrected chi connectivity index (χ1v) is 9.02. The Balaban J connectivity index is 1.60. The summed E-state index contributed by atoms with van der Waals surface area (Å²) in [6, 6.07) is 11.5. The van der Waals surface area contributed by atoms with E-state index in [0.717, 1.165) is 10.6 Å². The fourth-order valence-electron chi connectivity index (χ4n) is 2.00. The molecule has 0 aliphatic carbocycles. The maximum Gasteiger partial charge on any atom is 0.271 e. The first-order valence-electron chi connectivity index (χ1n) is 7.16. The van der Waals surface area contributed by atoms with Crippen molar-refractivity contribution in [2.24, 2.45) is 0 Å². The van der Waals surface area contributed by atoms with E-state index in [1.165, 1.54) is 30.0 Å². The number of aromatic nitrogens is 2. The number of nitro groups is 1. The number of benzene rings is 1. The molecule has 9 heteroatoms. The predicted octanol–water partition coefficient (Wildman–Crippen LogP) is 3.84. The summed E-state index contributed by atoms with van der Waals surface area (Å²) < 4.78 is 0. The van der Waals surface area contributed by atoms with Crippen molar-refractivity contribution in [2.45, 2.75) is 5.16 Å². The zero-order chi connectivity index (χ0) is 17.6. The molecule has 1 N–H and O–H groups in total. The molecule has 3 aromatic rings. The summed E-state index contributed by atoms with van der Waals surface area (Å²) in [5, 5.41) is 15.9. The smallest absolute Gasteiger partial charge is 0.271 e. The van der Waals surface area contributed by atoms with Crippen LogP contribution >= 0.6 is 23.1 Å². The zero-order valence-electron chi connectivity index (χ0n) is 12.8. The number of non-ortho nitro benzene ring substituents is 1. The molecule has 0 saturated heterocycles. The number of rotatable bonds is 6. The highest BCUT2D eigenvalue weighted by molar-refractivity contribution is 7.99. The van der Waals surface area contributed by atoms with Gasteiger partial charge in [0.25, 0.3) is 5.69 Å². The lowest BCUT2D eigenvalue weighted by Gasteiger charge is -2.05. The van der Waals surface area contributed by atoms with Crippen molar-refractivity contribution >= 4 is 40.4 Å². The van der Waals surface area contributed by atoms with Crippen LogP contribution in [-0.2, 0) is 4.79 Å². The number of hydrogen-bond acceptors (Lipinski definition) is 7. The van der Waals surface area contributed by atoms with Crippen LogP contribution in [0.3, 0.4) is 0 Å². The molecule has 0 aliphatic heterocycles. The van der Waals surface area contributed by atoms with Gasteiger partial charge in [-0.15, -0.1) is 11.3 Å². The van der Waals surface area contributed by atoms with Crippen molar-refractivity contribution in [2.75, 3.05) is 11.1 Å². The summed E-state index contributed by atoms with van der Waals surface area (Å²) >= 11 is 2.79. The Kier molecular flexibility index (Phi) is 5.36. The number of nitrogens with one attached hydrogen (secondary N) is 1. The second-order valence-corrected chi connectivity index (χ2v) is 6.74. The van der Waals surface area contributed by atoms with E-state index in [2.05, 4.69) is 15.3 Å². The quantitative estimate of drug-likeness (QED) is 0.305. The Morgan fingerprint density at radius 2 is 2.16 bits per heavy atom. The Hall–Kier alpha value is -2.78. The highest BCUT2D eigenvalue weighted by Crippen LogP contribution is 2.24. The molecule has 0 spiro atoms. The van der Waals surface area contributed by atoms with Gasteiger partial charge in [0.05, 0.1) is 21.2 Å². The van der Waals surface area contributed by atoms with E-state index in [-0.39, 0.29) is 17.3 Å². The van der Waals surface area contributed by atoms with Crippen LogP contribution in [0.15, 0.2) is 59.2 Å². The second kappa shape index (κ2) is 7.86. The normalized spacial score (nSPS) is 10.4. The third kappa shape index (κ3) is 4.61. The molecule has 0 unspecified atom stereocenters. The number of thioether (sulfide) groups is 1. The average Bonchev–Trinajstić information content (AvgIpc) is 3.15. The lowest BCUT2D eigenvalue weighted by molar-refractivity contribution is -0.384. The van der Waals surface area contributed by atoms with E-state index in [1.807, 2.05) is 23.6 Å². The Bertz CT molecular complexity index is 900. The maximum atomic E-state index is 12.0. The SMILES string of the molecule is O=C(CSc1nccc(-c2cccs2)n1)Nc1cccc([N+](=O)[O-])c1. The van der Waals surface area contributed by atoms with Crippen LogP contribution < -0.4 is 5.32 Å². The molecule has 25 heavy (non-hydrogen) atoms. The van der Waals surface area contributed by atoms with E-state index in [1.54, 1.807) is 23.6 Å². The standard InChI is InChI=1S/C16H12N4O3S2/c21-15(18-11-3-1-4-12(9-11)20(22)23)10-25-16-17-7-6-13(19-16)14-5-2-8-24-14/h1-9H,10H2,(H,18,21). The number of amides is 1. The molecule has 0 radical (unpaired) electrons. The molecule has 126 valence electrons. The predicted molar refractivity (Wildman–Crippen MR) is 97.8 cm³/mol. The van der Waals surface area contributed by atoms with Gasteiger partial charge in [-0.3, -0.25) is 14.9 Å². The third-order valence-corrected chi connectivity index (χ3v) is 4.83. The summed E-state index contributed by atoms with van der Waals surface area (Å²) in [7, 11) is 0. The van der Waals surface area contributed by atoms with Crippen LogP contribution in [0.1, 0.15) is 0 Å². The molecule has 0 bridgehead atoms. The van der Waals surface area contributed by atoms with Crippen molar-refractivity contribution in [3.8, 4) is 10.6 Å². The molecule has 0 atom stereocenters. The van der Waals surface area contributed by atoms with E-state index in [4.69, 9.17) is 0 Å². The van der Waals surface area contributed by atoms with Gasteiger partial charge in [-0.1, -0.05) is 23.9 Å². The lowest BCUT2D eigenvalue weighted by Crippen LogP contribution is -2.14. The van der Waals surface area contributed by atoms with E-state index < -0.39 is 4.92 Å². The summed E-state index contributed by atoms with van der Waals surface area (Å²) in [5.74, 6) is -0.174. The van der Waals surface area contributed by atoms with Gasteiger partial charge in [-0.25, -0.2) is 9.97 Å². The van der Waals surface area contributed by atoms with E-state index in [0.29, 0.717) is 10.8 Å². The van der Waals surface area contributed by atoms with E-state index >= 15 is 0 Å². The number of nitrogens with zero attached hydrogens (tertiary/aromatic N) is 3. The molecule has 0 fully saturated rings. The van der Waals surface area contributed by atoms with Crippen molar-refractivity contribution in [1.29, 1.82) is 0 Å². The summed E-state index contributed by atoms with van der Waals surface area (Å²) in [5.41, 5.74) is 1.12. The van der Waals surface area contributed by atoms with Crippen molar-refractivity contribution in [1.82, 2.24) is 9.97 Å². The zero-order valence-corrected chi connectivity index (χ0v) is 14.4. The molecule has 1 aromatic carbocycles. The first kappa shape index (κ1) is 17.1. The number of carbonyl (C=O) groups excluding carboxylic acids is 1. The first-order chi connectivity index (χ1) is 12.1. The Morgan fingerprint density at radius 1 is 1.28 bits per heavy atom. The molecule has 2 aromatic heterocycles. The fourth-order valence-corrected chi connectivity index (χ4v) is 3.32. The van der Waals surface area contributed by atoms with Crippen molar-refractivity contribution in [3.63, 3.8) is 0 Å². The number of thiophene rings is 1. The van der Waals surface area contributed by atoms with Crippen LogP contribution in [0.2, 0.25) is 0 Å². The van der Waals surface area contributed by atoms with Crippen LogP contribution in [0.4, 0.5) is 11.4 Å². The molecule has 7 nitrogen and oxygen atoms in total. The van der Waals surface area contributed by atoms with Gasteiger partial charge in [-0.05, 0) is 23.6 Å².